The SMILES string of the molecule is C[SiH](C)C1=CCC[C@H](O)[C@@H]1O. The highest BCUT2D eigenvalue weighted by molar-refractivity contribution is 6.64. The van der Waals surface area contributed by atoms with Gasteiger partial charge in [-0.25, -0.2) is 0 Å². The third-order valence-corrected chi connectivity index (χ3v) is 4.13. The Morgan fingerprint density at radius 1 is 1.45 bits per heavy atom. The zero-order valence-electron chi connectivity index (χ0n) is 7.12. The van der Waals surface area contributed by atoms with E-state index in [-0.39, 0.29) is 0 Å². The van der Waals surface area contributed by atoms with E-state index in [1.807, 2.05) is 0 Å². The zero-order chi connectivity index (χ0) is 8.43. The minimum absolute atomic E-state index is 0.509. The van der Waals surface area contributed by atoms with Gasteiger partial charge in [-0.05, 0) is 12.8 Å². The average Bonchev–Trinajstić information content (AvgIpc) is 1.94. The minimum Gasteiger partial charge on any atom is -0.390 e. The Morgan fingerprint density at radius 3 is 2.55 bits per heavy atom. The lowest BCUT2D eigenvalue weighted by Gasteiger charge is -2.26. The van der Waals surface area contributed by atoms with E-state index in [2.05, 4.69) is 19.2 Å². The Kier molecular flexibility index (Phi) is 2.87. The van der Waals surface area contributed by atoms with Gasteiger partial charge in [-0.2, -0.15) is 0 Å². The summed E-state index contributed by atoms with van der Waals surface area (Å²) < 4.78 is 0. The molecule has 1 aliphatic rings. The lowest BCUT2D eigenvalue weighted by molar-refractivity contribution is 0.0355. The first kappa shape index (κ1) is 8.97. The van der Waals surface area contributed by atoms with Gasteiger partial charge in [0.05, 0.1) is 21.0 Å². The van der Waals surface area contributed by atoms with Gasteiger partial charge in [0.15, 0.2) is 0 Å². The fourth-order valence-electron chi connectivity index (χ4n) is 1.50. The molecule has 0 fully saturated rings. The van der Waals surface area contributed by atoms with Crippen molar-refractivity contribution in [2.24, 2.45) is 0 Å². The third-order valence-electron chi connectivity index (χ3n) is 2.22. The first-order valence-electron chi connectivity index (χ1n) is 4.19. The quantitative estimate of drug-likeness (QED) is 0.564. The van der Waals surface area contributed by atoms with Gasteiger partial charge in [0.25, 0.3) is 0 Å². The van der Waals surface area contributed by atoms with Gasteiger partial charge in [0, 0.05) is 0 Å². The fourth-order valence-corrected chi connectivity index (χ4v) is 3.04. The summed E-state index contributed by atoms with van der Waals surface area (Å²) in [5, 5.41) is 20.0. The summed E-state index contributed by atoms with van der Waals surface area (Å²) in [5.74, 6) is 0. The smallest absolute Gasteiger partial charge is 0.0971 e. The van der Waals surface area contributed by atoms with E-state index in [0.29, 0.717) is 6.42 Å². The Hall–Kier alpha value is -0.123. The maximum absolute atomic E-state index is 9.52. The maximum atomic E-state index is 9.52. The molecular weight excluding hydrogens is 156 g/mol. The second kappa shape index (κ2) is 3.52. The molecule has 1 rings (SSSR count). The van der Waals surface area contributed by atoms with E-state index in [1.165, 1.54) is 0 Å². The van der Waals surface area contributed by atoms with E-state index in [9.17, 15) is 10.2 Å². The lowest BCUT2D eigenvalue weighted by atomic mass is 10.0. The van der Waals surface area contributed by atoms with Crippen molar-refractivity contribution in [3.63, 3.8) is 0 Å². The summed E-state index contributed by atoms with van der Waals surface area (Å²) in [7, 11) is -0.897. The fraction of sp³-hybridized carbons (Fsp3) is 0.750. The highest BCUT2D eigenvalue weighted by Crippen LogP contribution is 2.20. The largest absolute Gasteiger partial charge is 0.390 e. The van der Waals surface area contributed by atoms with Crippen molar-refractivity contribution in [2.45, 2.75) is 38.1 Å². The molecule has 3 heteroatoms. The number of aliphatic hydroxyl groups is 2. The molecule has 0 unspecified atom stereocenters. The Morgan fingerprint density at radius 2 is 2.09 bits per heavy atom. The van der Waals surface area contributed by atoms with E-state index in [4.69, 9.17) is 0 Å². The predicted octanol–water partition coefficient (Wildman–Crippen LogP) is 0.454. The maximum Gasteiger partial charge on any atom is 0.0971 e. The van der Waals surface area contributed by atoms with E-state index in [1.54, 1.807) is 0 Å². The number of rotatable bonds is 1. The molecule has 0 saturated carbocycles. The third kappa shape index (κ3) is 1.92. The van der Waals surface area contributed by atoms with Gasteiger partial charge < -0.3 is 10.2 Å². The van der Waals surface area contributed by atoms with E-state index < -0.39 is 21.0 Å². The summed E-state index contributed by atoms with van der Waals surface area (Å²) in [6.45, 7) is 4.35. The van der Waals surface area contributed by atoms with Crippen LogP contribution in [0.1, 0.15) is 12.8 Å². The number of aliphatic hydroxyl groups excluding tert-OH is 2. The first-order valence-corrected chi connectivity index (χ1v) is 7.07. The molecule has 0 aromatic heterocycles. The second-order valence-electron chi connectivity index (χ2n) is 3.45. The van der Waals surface area contributed by atoms with Crippen LogP contribution in [0.2, 0.25) is 13.1 Å². The van der Waals surface area contributed by atoms with Gasteiger partial charge in [-0.1, -0.05) is 24.4 Å². The average molecular weight is 172 g/mol. The summed E-state index contributed by atoms with van der Waals surface area (Å²) in [6.07, 6.45) is 2.68. The van der Waals surface area contributed by atoms with Crippen LogP contribution in [0.5, 0.6) is 0 Å². The molecule has 1 aliphatic carbocycles. The normalized spacial score (nSPS) is 32.3. The summed E-state index contributed by atoms with van der Waals surface area (Å²) in [4.78, 5) is 0. The van der Waals surface area contributed by atoms with E-state index in [0.717, 1.165) is 11.6 Å². The molecule has 0 aromatic rings. The van der Waals surface area contributed by atoms with Gasteiger partial charge in [0.1, 0.15) is 0 Å². The van der Waals surface area contributed by atoms with Crippen LogP contribution in [0.3, 0.4) is 0 Å². The molecule has 2 atom stereocenters. The molecule has 0 aromatic carbocycles. The molecular formula is C8H16O2Si. The Labute approximate surface area is 69.2 Å². The van der Waals surface area contributed by atoms with Crippen LogP contribution >= 0.6 is 0 Å². The highest BCUT2D eigenvalue weighted by Gasteiger charge is 2.25. The topological polar surface area (TPSA) is 40.5 Å². The molecule has 0 radical (unpaired) electrons. The zero-order valence-corrected chi connectivity index (χ0v) is 8.27. The molecule has 64 valence electrons. The summed E-state index contributed by atoms with van der Waals surface area (Å²) >= 11 is 0. The molecule has 2 nitrogen and oxygen atoms in total. The van der Waals surface area contributed by atoms with Crippen molar-refractivity contribution >= 4 is 8.80 Å². The van der Waals surface area contributed by atoms with Crippen LogP contribution in [0.15, 0.2) is 11.3 Å². The molecule has 0 bridgehead atoms. The van der Waals surface area contributed by atoms with Crippen LogP contribution in [0.25, 0.3) is 0 Å². The van der Waals surface area contributed by atoms with Crippen LogP contribution in [-0.2, 0) is 0 Å². The first-order chi connectivity index (χ1) is 5.13. The standard InChI is InChI=1S/C8H16O2Si/c1-11(2)7-5-3-4-6(9)8(7)10/h5-6,8-11H,3-4H2,1-2H3/t6-,8-/m0/s1. The molecule has 0 heterocycles. The highest BCUT2D eigenvalue weighted by atomic mass is 28.3. The van der Waals surface area contributed by atoms with Crippen molar-refractivity contribution in [3.8, 4) is 0 Å². The van der Waals surface area contributed by atoms with Crippen LogP contribution < -0.4 is 0 Å². The molecule has 0 amide bonds. The second-order valence-corrected chi connectivity index (χ2v) is 6.42. The van der Waals surface area contributed by atoms with Crippen molar-refractivity contribution < 1.29 is 10.2 Å². The summed E-state index contributed by atoms with van der Waals surface area (Å²) in [6, 6.07) is 0. The van der Waals surface area contributed by atoms with E-state index >= 15 is 0 Å². The molecule has 2 N–H and O–H groups in total. The number of allylic oxidation sites excluding steroid dienone is 1. The molecule has 0 spiro atoms. The van der Waals surface area contributed by atoms with Crippen molar-refractivity contribution in [1.29, 1.82) is 0 Å². The van der Waals surface area contributed by atoms with Crippen LogP contribution in [0.4, 0.5) is 0 Å². The van der Waals surface area contributed by atoms with Gasteiger partial charge in [-0.3, -0.25) is 0 Å². The Bertz CT molecular complexity index is 165. The van der Waals surface area contributed by atoms with Gasteiger partial charge in [0.2, 0.25) is 0 Å². The monoisotopic (exact) mass is 172 g/mol. The number of hydrogen-bond acceptors (Lipinski definition) is 2. The van der Waals surface area contributed by atoms with Crippen LogP contribution in [-0.4, -0.2) is 31.2 Å². The van der Waals surface area contributed by atoms with Gasteiger partial charge >= 0.3 is 0 Å². The lowest BCUT2D eigenvalue weighted by Crippen LogP contribution is -2.35. The van der Waals surface area contributed by atoms with Crippen LogP contribution in [0, 0.1) is 0 Å². The molecule has 0 saturated heterocycles. The summed E-state index contributed by atoms with van der Waals surface area (Å²) in [5.41, 5.74) is 0. The molecule has 11 heavy (non-hydrogen) atoms. The predicted molar refractivity (Wildman–Crippen MR) is 48.2 cm³/mol. The van der Waals surface area contributed by atoms with Gasteiger partial charge in [-0.15, -0.1) is 0 Å². The van der Waals surface area contributed by atoms with Crippen molar-refractivity contribution in [3.05, 3.63) is 11.3 Å². The molecule has 0 aliphatic heterocycles. The Balaban J connectivity index is 2.70. The minimum atomic E-state index is -0.897. The number of hydrogen-bond donors (Lipinski definition) is 2. The van der Waals surface area contributed by atoms with Crippen molar-refractivity contribution in [1.82, 2.24) is 0 Å². The van der Waals surface area contributed by atoms with Crippen molar-refractivity contribution in [2.75, 3.05) is 0 Å².